The molecule has 0 nitrogen and oxygen atoms in total. The SMILES string of the molecule is [B]B([B])B([B])B(B(B([B])[B])B([B])[B])B(B(B(B([B])[B])B([B])[B])B(B([B])[B])B([B])[B])B(B(B(B([B])[B])B([B])[B])B(B([B])[B])B([B])[B])B(B(B(B([B])[B])B([B])[B])B(B([B])[B])B([B])[B])B(B(B([B])[B])B([B])[B])B(B([B])[B])B([B])[B]. The molecule has 76 heavy (non-hydrogen) atoms. The van der Waals surface area contributed by atoms with Crippen molar-refractivity contribution in [3.8, 4) is 0 Å². The molecule has 0 atom stereocenters. The van der Waals surface area contributed by atoms with Gasteiger partial charge in [0.25, 0.3) is 0 Å². The van der Waals surface area contributed by atoms with Crippen molar-refractivity contribution in [1.82, 2.24) is 0 Å². The Morgan fingerprint density at radius 2 is 0.158 bits per heavy atom. The lowest BCUT2D eigenvalue weighted by Gasteiger charge is -2.61. The van der Waals surface area contributed by atoms with E-state index in [1.807, 2.05) is 0 Å². The van der Waals surface area contributed by atoms with E-state index in [1.54, 1.807) is 0 Å². The van der Waals surface area contributed by atoms with E-state index in [4.69, 9.17) is 302 Å². The normalized spacial score (nSPS) is 9.79. The van der Waals surface area contributed by atoms with Crippen LogP contribution in [0.3, 0.4) is 0 Å². The van der Waals surface area contributed by atoms with Crippen molar-refractivity contribution in [1.29, 1.82) is 0 Å². The Balaban J connectivity index is 12.3. The van der Waals surface area contributed by atoms with Gasteiger partial charge in [0.15, 0.2) is 0 Å². The second-order valence-electron chi connectivity index (χ2n) is 21.4. The maximum atomic E-state index is 7.35. The smallest absolute Gasteiger partial charge is 0 e. The molecule has 0 saturated carbocycles. The van der Waals surface area contributed by atoms with Gasteiger partial charge in [0.05, 0.1) is 0 Å². The van der Waals surface area contributed by atoms with Gasteiger partial charge < -0.3 is 0 Å². The van der Waals surface area contributed by atoms with Crippen molar-refractivity contribution in [2.75, 3.05) is 0 Å². The summed E-state index contributed by atoms with van der Waals surface area (Å²) in [5.41, 5.74) is 0. The van der Waals surface area contributed by atoms with Crippen LogP contribution in [0.15, 0.2) is 0 Å². The van der Waals surface area contributed by atoms with E-state index in [2.05, 4.69) is 0 Å². The first-order chi connectivity index (χ1) is 34.5. The predicted octanol–water partition coefficient (Wildman–Crippen LogP) is -28.9. The molecule has 0 saturated heterocycles. The maximum Gasteiger partial charge on any atom is 0 e. The molecule has 0 aromatic rings. The monoisotopic (exact) mass is 837 g/mol. The van der Waals surface area contributed by atoms with Crippen molar-refractivity contribution in [2.24, 2.45) is 0 Å². The highest BCUT2D eigenvalue weighted by atomic mass is 13.5. The molecular weight excluding hydrogens is 822 g/mol. The summed E-state index contributed by atoms with van der Waals surface area (Å²) in [7, 11) is 266. The molecule has 0 bridgehead atoms. The maximum absolute atomic E-state index is 7.35. The van der Waals surface area contributed by atoms with Crippen molar-refractivity contribution >= 4 is 538 Å². The van der Waals surface area contributed by atoms with E-state index < -0.39 is 236 Å². The average molecular weight is 822 g/mol. The van der Waals surface area contributed by atoms with Crippen molar-refractivity contribution < 1.29 is 0 Å². The van der Waals surface area contributed by atoms with Gasteiger partial charge in [-0.3, -0.25) is 0 Å². The predicted molar refractivity (Wildman–Crippen MR) is 437 cm³/mol. The third kappa shape index (κ3) is 21.6. The van der Waals surface area contributed by atoms with E-state index >= 15 is 0 Å². The molecule has 0 fully saturated rings. The Kier molecular flexibility index (Phi) is 39.5. The van der Waals surface area contributed by atoms with Gasteiger partial charge in [-0.05, 0) is 0 Å². The molecule has 0 unspecified atom stereocenters. The molecule has 0 aliphatic rings. The Bertz CT molecular complexity index is 1270. The molecular formula is B76. The van der Waals surface area contributed by atoms with Gasteiger partial charge >= 0.3 is 0 Å². The summed E-state index contributed by atoms with van der Waals surface area (Å²) in [5.74, 6) is 0. The fourth-order valence-electron chi connectivity index (χ4n) is 13.3. The minimum Gasteiger partial charge on any atom is 0 e. The molecule has 0 amide bonds. The second kappa shape index (κ2) is 37.1. The molecule has 0 aliphatic heterocycles. The first-order valence-electron chi connectivity index (χ1n) is 25.0. The van der Waals surface area contributed by atoms with Crippen LogP contribution < -0.4 is 0 Å². The Hall–Kier alpha value is 4.94. The van der Waals surface area contributed by atoms with Gasteiger partial charge in [0.2, 0.25) is 0 Å². The second-order valence-corrected chi connectivity index (χ2v) is 21.4. The van der Waals surface area contributed by atoms with E-state index in [0.29, 0.717) is 0 Å². The van der Waals surface area contributed by atoms with Crippen LogP contribution in [0.1, 0.15) is 0 Å². The van der Waals surface area contributed by atoms with Crippen molar-refractivity contribution in [3.05, 3.63) is 0 Å². The lowest BCUT2D eigenvalue weighted by molar-refractivity contribution is 3.15. The van der Waals surface area contributed by atoms with Crippen LogP contribution in [0.5, 0.6) is 0 Å². The zero-order valence-corrected chi connectivity index (χ0v) is 43.9. The van der Waals surface area contributed by atoms with Crippen LogP contribution >= 0.6 is 0 Å². The van der Waals surface area contributed by atoms with Crippen LogP contribution in [-0.2, 0) is 0 Å². The summed E-state index contributed by atoms with van der Waals surface area (Å²) < 4.78 is 0. The summed E-state index contributed by atoms with van der Waals surface area (Å²) in [6.07, 6.45) is -60.4. The summed E-state index contributed by atoms with van der Waals surface area (Å²) >= 11 is 0. The Labute approximate surface area is 532 Å². The van der Waals surface area contributed by atoms with Crippen molar-refractivity contribution in [3.63, 3.8) is 0 Å². The zero-order chi connectivity index (χ0) is 60.4. The van der Waals surface area contributed by atoms with Gasteiger partial charge in [0, 0.05) is 538 Å². The van der Waals surface area contributed by atoms with Gasteiger partial charge in [-0.15, -0.1) is 0 Å². The topological polar surface area (TPSA) is 0 Å². The van der Waals surface area contributed by atoms with Crippen LogP contribution in [0, 0.1) is 0 Å². The highest BCUT2D eigenvalue weighted by molar-refractivity contribution is 8.40. The molecule has 0 N–H and O–H groups in total. The zero-order valence-electron chi connectivity index (χ0n) is 43.9. The number of rotatable bonds is 36. The van der Waals surface area contributed by atoms with Gasteiger partial charge in [-0.1, -0.05) is 0 Å². The Morgan fingerprint density at radius 1 is 0.0789 bits per heavy atom. The first-order valence-corrected chi connectivity index (χ1v) is 25.0. The molecule has 0 spiro atoms. The highest BCUT2D eigenvalue weighted by Gasteiger charge is 2.65. The third-order valence-electron chi connectivity index (χ3n) is 16.0. The molecule has 0 heterocycles. The van der Waals surface area contributed by atoms with E-state index in [9.17, 15) is 0 Å². The first kappa shape index (κ1) is 80.9. The highest BCUT2D eigenvalue weighted by Crippen LogP contribution is 2.27. The van der Waals surface area contributed by atoms with Gasteiger partial charge in [-0.2, -0.15) is 0 Å². The van der Waals surface area contributed by atoms with Gasteiger partial charge in [-0.25, -0.2) is 0 Å². The Morgan fingerprint density at radius 3 is 0.250 bits per heavy atom. The molecule has 0 rings (SSSR count). The summed E-state index contributed by atoms with van der Waals surface area (Å²) in [6.45, 7) is 0. The van der Waals surface area contributed by atoms with Crippen LogP contribution in [-0.4, -0.2) is 538 Å². The summed E-state index contributed by atoms with van der Waals surface area (Å²) in [5, 5.41) is 0. The molecule has 78 radical (unpaired) electrons. The van der Waals surface area contributed by atoms with Crippen molar-refractivity contribution in [2.45, 2.75) is 0 Å². The van der Waals surface area contributed by atoms with Crippen LogP contribution in [0.2, 0.25) is 0 Å². The lowest BCUT2D eigenvalue weighted by Crippen LogP contribution is -2.99. The molecule has 0 aromatic carbocycles. The minimum absolute atomic E-state index is 1.53. The molecule has 0 aromatic heterocycles. The van der Waals surface area contributed by atoms with Crippen LogP contribution in [0.25, 0.3) is 0 Å². The fourth-order valence-corrected chi connectivity index (χ4v) is 13.3. The largest absolute Gasteiger partial charge is 0 e. The lowest BCUT2D eigenvalue weighted by atomic mass is 8.20. The fraction of sp³-hybridized carbons (Fsp3) is 0. The standard InChI is InChI=1S/B76/c1-40(2)59(39)69(60(41(3)4)42(5)6)74(70(61(43(7)8)44(9)10)62(45(11)12)46(13)14)76(73(67(55(31)32)56(33)34)68(57(35)36)58(37)38)75(71(63(47(15)16)48(17)18)64(49(19)20)50(21)22)72(65(51(23)24)52(25)26)66(53(27)28)54(29)30. The quantitative estimate of drug-likeness (QED) is 0.0552. The molecule has 228 valence electrons. The van der Waals surface area contributed by atoms with Gasteiger partial charge in [0.1, 0.15) is 0 Å². The average Bonchev–Trinajstić information content (AvgIpc) is 3.19. The molecule has 76 heteroatoms. The summed E-state index contributed by atoms with van der Waals surface area (Å²) in [6, 6.07) is 0. The third-order valence-corrected chi connectivity index (χ3v) is 16.0. The van der Waals surface area contributed by atoms with Crippen LogP contribution in [0.4, 0.5) is 0 Å². The van der Waals surface area contributed by atoms with E-state index in [0.717, 1.165) is 0 Å². The molecule has 0 aliphatic carbocycles. The van der Waals surface area contributed by atoms with E-state index in [1.165, 1.54) is 0 Å². The summed E-state index contributed by atoms with van der Waals surface area (Å²) in [4.78, 5) is 0. The number of hydrogen-bond donors (Lipinski definition) is 0. The number of hydrogen-bond acceptors (Lipinski definition) is 0. The van der Waals surface area contributed by atoms with E-state index in [-0.39, 0.29) is 0 Å². The minimum atomic E-state index is -1.85.